The van der Waals surface area contributed by atoms with E-state index in [0.717, 1.165) is 16.2 Å². The summed E-state index contributed by atoms with van der Waals surface area (Å²) in [4.78, 5) is 31.1. The van der Waals surface area contributed by atoms with Gasteiger partial charge >= 0.3 is 6.09 Å². The molecular formula is C21H20FN3O3S. The summed E-state index contributed by atoms with van der Waals surface area (Å²) in [6.45, 7) is 5.15. The number of carbonyl (C=O) groups excluding carboxylic acids is 2. The maximum atomic E-state index is 13.8. The zero-order chi connectivity index (χ0) is 21.2. The number of ether oxygens (including phenoxy) is 1. The number of carbonyl (C=O) groups is 2. The summed E-state index contributed by atoms with van der Waals surface area (Å²) in [6.07, 6.45) is -0.754. The zero-order valence-corrected chi connectivity index (χ0v) is 17.0. The van der Waals surface area contributed by atoms with Crippen LogP contribution >= 0.6 is 11.3 Å². The lowest BCUT2D eigenvalue weighted by molar-refractivity contribution is 0.0599. The minimum Gasteiger partial charge on any atom is -0.443 e. The van der Waals surface area contributed by atoms with Gasteiger partial charge in [-0.3, -0.25) is 4.79 Å². The van der Waals surface area contributed by atoms with Crippen molar-refractivity contribution >= 4 is 39.9 Å². The van der Waals surface area contributed by atoms with Crippen LogP contribution in [0, 0.1) is 5.82 Å². The van der Waals surface area contributed by atoms with Gasteiger partial charge in [0.2, 0.25) is 10.9 Å². The number of amides is 1. The highest BCUT2D eigenvalue weighted by Crippen LogP contribution is 2.35. The number of hydrogen-bond donors (Lipinski definition) is 1. The van der Waals surface area contributed by atoms with Crippen LogP contribution in [0.4, 0.5) is 25.8 Å². The highest BCUT2D eigenvalue weighted by atomic mass is 32.1. The van der Waals surface area contributed by atoms with Crippen LogP contribution < -0.4 is 10.6 Å². The van der Waals surface area contributed by atoms with E-state index in [0.29, 0.717) is 5.56 Å². The van der Waals surface area contributed by atoms with Crippen LogP contribution in [0.25, 0.3) is 0 Å². The third-order valence-corrected chi connectivity index (χ3v) is 4.77. The summed E-state index contributed by atoms with van der Waals surface area (Å²) in [5.74, 6) is -0.847. The van der Waals surface area contributed by atoms with E-state index in [4.69, 9.17) is 10.5 Å². The van der Waals surface area contributed by atoms with Crippen molar-refractivity contribution in [2.75, 3.05) is 10.6 Å². The van der Waals surface area contributed by atoms with Gasteiger partial charge in [0.05, 0.1) is 5.69 Å². The summed E-state index contributed by atoms with van der Waals surface area (Å²) in [5.41, 5.74) is 5.86. The standard InChI is InChI=1S/C21H20FN3O3S/c1-21(2,3)28-20(27)25(15-11-7-10-14(22)12-15)19-24-18(23)17(29-19)16(26)13-8-5-4-6-9-13/h4-12H,23H2,1-3H3. The summed E-state index contributed by atoms with van der Waals surface area (Å²) in [5, 5.41) is 0.113. The molecule has 0 aliphatic carbocycles. The normalized spacial score (nSPS) is 11.2. The summed E-state index contributed by atoms with van der Waals surface area (Å²) >= 11 is 0.943. The molecule has 0 unspecified atom stereocenters. The molecule has 0 saturated carbocycles. The number of nitrogens with two attached hydrogens (primary N) is 1. The van der Waals surface area contributed by atoms with Gasteiger partial charge in [0.25, 0.3) is 0 Å². The maximum absolute atomic E-state index is 13.8. The molecular weight excluding hydrogens is 393 g/mol. The first-order chi connectivity index (χ1) is 13.7. The van der Waals surface area contributed by atoms with Gasteiger partial charge in [-0.25, -0.2) is 19.1 Å². The molecule has 3 rings (SSSR count). The third-order valence-electron chi connectivity index (χ3n) is 3.72. The van der Waals surface area contributed by atoms with Crippen molar-refractivity contribution in [3.8, 4) is 0 Å². The van der Waals surface area contributed by atoms with Crippen molar-refractivity contribution in [1.82, 2.24) is 4.98 Å². The molecule has 1 aromatic heterocycles. The number of rotatable bonds is 4. The molecule has 1 heterocycles. The molecule has 29 heavy (non-hydrogen) atoms. The summed E-state index contributed by atoms with van der Waals surface area (Å²) in [7, 11) is 0. The van der Waals surface area contributed by atoms with Crippen LogP contribution in [0.3, 0.4) is 0 Å². The van der Waals surface area contributed by atoms with E-state index in [1.807, 2.05) is 0 Å². The van der Waals surface area contributed by atoms with Gasteiger partial charge in [0, 0.05) is 5.56 Å². The lowest BCUT2D eigenvalue weighted by atomic mass is 10.1. The number of nitrogen functional groups attached to an aromatic ring is 1. The van der Waals surface area contributed by atoms with Crippen molar-refractivity contribution in [2.24, 2.45) is 0 Å². The Hall–Kier alpha value is -3.26. The average molecular weight is 413 g/mol. The van der Waals surface area contributed by atoms with Crippen LogP contribution in [-0.2, 0) is 4.74 Å². The topological polar surface area (TPSA) is 85.5 Å². The van der Waals surface area contributed by atoms with Crippen molar-refractivity contribution in [3.63, 3.8) is 0 Å². The second kappa shape index (κ2) is 8.00. The van der Waals surface area contributed by atoms with Gasteiger partial charge in [-0.1, -0.05) is 47.7 Å². The van der Waals surface area contributed by atoms with Crippen LogP contribution in [0.2, 0.25) is 0 Å². The van der Waals surface area contributed by atoms with Crippen LogP contribution in [-0.4, -0.2) is 22.5 Å². The van der Waals surface area contributed by atoms with E-state index in [1.165, 1.54) is 18.2 Å². The summed E-state index contributed by atoms with van der Waals surface area (Å²) in [6, 6.07) is 14.1. The molecule has 0 fully saturated rings. The number of halogens is 1. The fourth-order valence-corrected chi connectivity index (χ4v) is 3.47. The number of ketones is 1. The van der Waals surface area contributed by atoms with Gasteiger partial charge in [-0.05, 0) is 39.0 Å². The van der Waals surface area contributed by atoms with Crippen molar-refractivity contribution in [2.45, 2.75) is 26.4 Å². The molecule has 2 aromatic carbocycles. The number of nitrogens with zero attached hydrogens (tertiary/aromatic N) is 2. The lowest BCUT2D eigenvalue weighted by Crippen LogP contribution is -2.33. The Bertz CT molecular complexity index is 1040. The molecule has 8 heteroatoms. The summed E-state index contributed by atoms with van der Waals surface area (Å²) < 4.78 is 19.3. The van der Waals surface area contributed by atoms with Crippen LogP contribution in [0.1, 0.15) is 36.0 Å². The second-order valence-corrected chi connectivity index (χ2v) is 8.18. The zero-order valence-electron chi connectivity index (χ0n) is 16.2. The van der Waals surface area contributed by atoms with Crippen LogP contribution in [0.15, 0.2) is 54.6 Å². The minimum atomic E-state index is -0.784. The van der Waals surface area contributed by atoms with Gasteiger partial charge in [0.1, 0.15) is 22.1 Å². The quantitative estimate of drug-likeness (QED) is 0.597. The number of thiazole rings is 1. The molecule has 2 N–H and O–H groups in total. The predicted molar refractivity (Wildman–Crippen MR) is 111 cm³/mol. The molecule has 150 valence electrons. The molecule has 0 saturated heterocycles. The maximum Gasteiger partial charge on any atom is 0.421 e. The van der Waals surface area contributed by atoms with Crippen molar-refractivity contribution in [3.05, 3.63) is 70.9 Å². The fourth-order valence-electron chi connectivity index (χ4n) is 2.52. The van der Waals surface area contributed by atoms with E-state index in [-0.39, 0.29) is 27.3 Å². The van der Waals surface area contributed by atoms with Gasteiger partial charge < -0.3 is 10.5 Å². The lowest BCUT2D eigenvalue weighted by Gasteiger charge is -2.25. The average Bonchev–Trinajstić information content (AvgIpc) is 3.01. The second-order valence-electron chi connectivity index (χ2n) is 7.20. The monoisotopic (exact) mass is 413 g/mol. The minimum absolute atomic E-state index is 0.0104. The first kappa shape index (κ1) is 20.5. The number of aromatic nitrogens is 1. The van der Waals surface area contributed by atoms with Crippen LogP contribution in [0.5, 0.6) is 0 Å². The van der Waals surface area contributed by atoms with Gasteiger partial charge in [-0.15, -0.1) is 0 Å². The van der Waals surface area contributed by atoms with E-state index in [2.05, 4.69) is 4.98 Å². The molecule has 0 aliphatic heterocycles. The number of benzene rings is 2. The predicted octanol–water partition coefficient (Wildman–Crippen LogP) is 5.17. The SMILES string of the molecule is CC(C)(C)OC(=O)N(c1cccc(F)c1)c1nc(N)c(C(=O)c2ccccc2)s1. The first-order valence-corrected chi connectivity index (χ1v) is 9.62. The van der Waals surface area contributed by atoms with Crippen molar-refractivity contribution < 1.29 is 18.7 Å². The Morgan fingerprint density at radius 3 is 2.41 bits per heavy atom. The molecule has 0 spiro atoms. The molecule has 6 nitrogen and oxygen atoms in total. The first-order valence-electron chi connectivity index (χ1n) is 8.80. The van der Waals surface area contributed by atoms with Crippen molar-refractivity contribution in [1.29, 1.82) is 0 Å². The Morgan fingerprint density at radius 2 is 1.79 bits per heavy atom. The molecule has 0 radical (unpaired) electrons. The Labute approximate surface area is 171 Å². The Balaban J connectivity index is 2.05. The van der Waals surface area contributed by atoms with Gasteiger partial charge in [-0.2, -0.15) is 0 Å². The van der Waals surface area contributed by atoms with E-state index in [9.17, 15) is 14.0 Å². The Morgan fingerprint density at radius 1 is 1.10 bits per heavy atom. The molecule has 0 aliphatic rings. The van der Waals surface area contributed by atoms with E-state index < -0.39 is 17.5 Å². The Kier molecular flexibility index (Phi) is 5.65. The highest BCUT2D eigenvalue weighted by molar-refractivity contribution is 7.18. The number of hydrogen-bond acceptors (Lipinski definition) is 6. The molecule has 1 amide bonds. The fraction of sp³-hybridized carbons (Fsp3) is 0.190. The molecule has 3 aromatic rings. The molecule has 0 atom stereocenters. The van der Waals surface area contributed by atoms with Gasteiger partial charge in [0.15, 0.2) is 0 Å². The third kappa shape index (κ3) is 4.78. The largest absolute Gasteiger partial charge is 0.443 e. The number of anilines is 3. The van der Waals surface area contributed by atoms with E-state index in [1.54, 1.807) is 57.2 Å². The molecule has 0 bridgehead atoms. The smallest absolute Gasteiger partial charge is 0.421 e. The van der Waals surface area contributed by atoms with E-state index >= 15 is 0 Å². The highest BCUT2D eigenvalue weighted by Gasteiger charge is 2.29.